The van der Waals surface area contributed by atoms with Crippen LogP contribution < -0.4 is 0 Å². The van der Waals surface area contributed by atoms with Gasteiger partial charge in [-0.25, -0.2) is 14.6 Å². The van der Waals surface area contributed by atoms with Crippen LogP contribution in [-0.2, 0) is 0 Å². The van der Waals surface area contributed by atoms with Gasteiger partial charge in [0, 0.05) is 0 Å². The predicted octanol–water partition coefficient (Wildman–Crippen LogP) is 1.66. The van der Waals surface area contributed by atoms with Gasteiger partial charge >= 0.3 is 0 Å². The van der Waals surface area contributed by atoms with E-state index in [-0.39, 0.29) is 0 Å². The average molecular weight is 211 g/mol. The summed E-state index contributed by atoms with van der Waals surface area (Å²) < 4.78 is 1.72. The van der Waals surface area contributed by atoms with Gasteiger partial charge in [0.05, 0.1) is 23.9 Å². The standard InChI is InChI=1S/C11H9N5/c1-3-10(16-8-13-7-15-16)4-2-9(1)11-5-12-6-14-11/h1-8H,(H,12,14). The maximum atomic E-state index is 4.06. The molecule has 0 aliphatic carbocycles. The Kier molecular flexibility index (Phi) is 2.00. The number of H-pyrrole nitrogens is 1. The minimum Gasteiger partial charge on any atom is -0.345 e. The van der Waals surface area contributed by atoms with Gasteiger partial charge in [-0.05, 0) is 17.7 Å². The molecule has 1 N–H and O–H groups in total. The number of aromatic amines is 1. The molecule has 0 saturated carbocycles. The van der Waals surface area contributed by atoms with Gasteiger partial charge in [-0.3, -0.25) is 0 Å². The second-order valence-electron chi connectivity index (χ2n) is 3.35. The van der Waals surface area contributed by atoms with Gasteiger partial charge in [0.2, 0.25) is 0 Å². The summed E-state index contributed by atoms with van der Waals surface area (Å²) in [5.74, 6) is 0. The Labute approximate surface area is 91.8 Å². The molecule has 2 aromatic heterocycles. The third-order valence-corrected chi connectivity index (χ3v) is 2.36. The van der Waals surface area contributed by atoms with Crippen molar-refractivity contribution >= 4 is 0 Å². The highest BCUT2D eigenvalue weighted by atomic mass is 15.3. The molecule has 0 fully saturated rings. The quantitative estimate of drug-likeness (QED) is 0.701. The first kappa shape index (κ1) is 8.84. The fourth-order valence-electron chi connectivity index (χ4n) is 1.55. The Morgan fingerprint density at radius 2 is 1.94 bits per heavy atom. The van der Waals surface area contributed by atoms with E-state index in [1.165, 1.54) is 6.33 Å². The van der Waals surface area contributed by atoms with Crippen molar-refractivity contribution in [1.29, 1.82) is 0 Å². The fourth-order valence-corrected chi connectivity index (χ4v) is 1.55. The Balaban J connectivity index is 1.97. The van der Waals surface area contributed by atoms with Crippen molar-refractivity contribution in [2.45, 2.75) is 0 Å². The minimum atomic E-state index is 0.987. The first-order valence-electron chi connectivity index (χ1n) is 4.87. The summed E-state index contributed by atoms with van der Waals surface area (Å²) in [7, 11) is 0. The van der Waals surface area contributed by atoms with Gasteiger partial charge in [-0.15, -0.1) is 0 Å². The Bertz CT molecular complexity index is 498. The number of nitrogens with one attached hydrogen (secondary N) is 1. The molecule has 0 bridgehead atoms. The van der Waals surface area contributed by atoms with Crippen LogP contribution in [0.15, 0.2) is 49.4 Å². The van der Waals surface area contributed by atoms with Crippen LogP contribution in [0.4, 0.5) is 0 Å². The van der Waals surface area contributed by atoms with Gasteiger partial charge in [0.15, 0.2) is 0 Å². The molecule has 78 valence electrons. The first-order valence-corrected chi connectivity index (χ1v) is 4.87. The molecule has 0 aliphatic heterocycles. The molecule has 3 rings (SSSR count). The number of rotatable bonds is 2. The lowest BCUT2D eigenvalue weighted by Crippen LogP contribution is -1.93. The lowest BCUT2D eigenvalue weighted by molar-refractivity contribution is 0.879. The fraction of sp³-hybridized carbons (Fsp3) is 0. The van der Waals surface area contributed by atoms with Crippen molar-refractivity contribution in [3.63, 3.8) is 0 Å². The number of aromatic nitrogens is 5. The topological polar surface area (TPSA) is 59.4 Å². The van der Waals surface area contributed by atoms with Crippen molar-refractivity contribution in [3.8, 4) is 16.9 Å². The highest BCUT2D eigenvalue weighted by Crippen LogP contribution is 2.17. The Morgan fingerprint density at radius 3 is 2.56 bits per heavy atom. The van der Waals surface area contributed by atoms with Gasteiger partial charge in [0.1, 0.15) is 12.7 Å². The maximum Gasteiger partial charge on any atom is 0.138 e. The molecule has 3 aromatic rings. The predicted molar refractivity (Wildman–Crippen MR) is 58.9 cm³/mol. The Hall–Kier alpha value is -2.43. The normalized spacial score (nSPS) is 10.5. The summed E-state index contributed by atoms with van der Waals surface area (Å²) in [5.41, 5.74) is 3.09. The van der Waals surface area contributed by atoms with E-state index >= 15 is 0 Å². The zero-order valence-electron chi connectivity index (χ0n) is 8.41. The van der Waals surface area contributed by atoms with E-state index in [9.17, 15) is 0 Å². The highest BCUT2D eigenvalue weighted by Gasteiger charge is 2.00. The van der Waals surface area contributed by atoms with Gasteiger partial charge in [-0.1, -0.05) is 12.1 Å². The minimum absolute atomic E-state index is 0.987. The highest BCUT2D eigenvalue weighted by molar-refractivity contribution is 5.59. The third kappa shape index (κ3) is 1.48. The largest absolute Gasteiger partial charge is 0.345 e. The molecule has 0 unspecified atom stereocenters. The number of imidazole rings is 1. The van der Waals surface area contributed by atoms with E-state index in [0.29, 0.717) is 0 Å². The second-order valence-corrected chi connectivity index (χ2v) is 3.35. The van der Waals surface area contributed by atoms with Crippen LogP contribution in [0.25, 0.3) is 16.9 Å². The van der Waals surface area contributed by atoms with Crippen LogP contribution in [0.3, 0.4) is 0 Å². The zero-order valence-corrected chi connectivity index (χ0v) is 8.41. The number of nitrogens with zero attached hydrogens (tertiary/aromatic N) is 4. The number of hydrogen-bond donors (Lipinski definition) is 1. The zero-order chi connectivity index (χ0) is 10.8. The van der Waals surface area contributed by atoms with Crippen LogP contribution >= 0.6 is 0 Å². The van der Waals surface area contributed by atoms with E-state index in [1.54, 1.807) is 23.5 Å². The monoisotopic (exact) mass is 211 g/mol. The molecular formula is C11H9N5. The molecule has 0 spiro atoms. The summed E-state index contributed by atoms with van der Waals surface area (Å²) in [6.45, 7) is 0. The molecule has 5 nitrogen and oxygen atoms in total. The van der Waals surface area contributed by atoms with E-state index in [4.69, 9.17) is 0 Å². The first-order chi connectivity index (χ1) is 7.93. The van der Waals surface area contributed by atoms with Crippen LogP contribution in [-0.4, -0.2) is 24.7 Å². The summed E-state index contributed by atoms with van der Waals surface area (Å²) in [6.07, 6.45) is 6.65. The summed E-state index contributed by atoms with van der Waals surface area (Å²) in [6, 6.07) is 8.02. The third-order valence-electron chi connectivity index (χ3n) is 2.36. The van der Waals surface area contributed by atoms with E-state index in [0.717, 1.165) is 16.9 Å². The Morgan fingerprint density at radius 1 is 1.06 bits per heavy atom. The molecular weight excluding hydrogens is 202 g/mol. The lowest BCUT2D eigenvalue weighted by Gasteiger charge is -2.01. The van der Waals surface area contributed by atoms with Crippen molar-refractivity contribution < 1.29 is 0 Å². The average Bonchev–Trinajstić information content (AvgIpc) is 3.03. The smallest absolute Gasteiger partial charge is 0.138 e. The SMILES string of the molecule is c1ncn(-c2ccc(-c3cnc[nH]3)cc2)n1. The molecule has 16 heavy (non-hydrogen) atoms. The maximum absolute atomic E-state index is 4.06. The number of benzene rings is 1. The van der Waals surface area contributed by atoms with Crippen LogP contribution in [0.5, 0.6) is 0 Å². The summed E-state index contributed by atoms with van der Waals surface area (Å²) in [5, 5.41) is 4.06. The molecule has 2 heterocycles. The molecule has 0 amide bonds. The van der Waals surface area contributed by atoms with Gasteiger partial charge < -0.3 is 4.98 Å². The van der Waals surface area contributed by atoms with Crippen LogP contribution in [0, 0.1) is 0 Å². The molecule has 0 aliphatic rings. The molecule has 1 aromatic carbocycles. The van der Waals surface area contributed by atoms with Gasteiger partial charge in [0.25, 0.3) is 0 Å². The van der Waals surface area contributed by atoms with Crippen LogP contribution in [0.1, 0.15) is 0 Å². The lowest BCUT2D eigenvalue weighted by atomic mass is 10.1. The summed E-state index contributed by atoms with van der Waals surface area (Å²) in [4.78, 5) is 11.0. The van der Waals surface area contributed by atoms with Crippen LogP contribution in [0.2, 0.25) is 0 Å². The van der Waals surface area contributed by atoms with E-state index in [2.05, 4.69) is 20.1 Å². The molecule has 0 saturated heterocycles. The molecule has 5 heteroatoms. The van der Waals surface area contributed by atoms with Crippen molar-refractivity contribution in [2.24, 2.45) is 0 Å². The van der Waals surface area contributed by atoms with Crippen molar-refractivity contribution in [1.82, 2.24) is 24.7 Å². The van der Waals surface area contributed by atoms with Crippen molar-refractivity contribution in [2.75, 3.05) is 0 Å². The van der Waals surface area contributed by atoms with E-state index < -0.39 is 0 Å². The van der Waals surface area contributed by atoms with Crippen molar-refractivity contribution in [3.05, 3.63) is 49.4 Å². The second kappa shape index (κ2) is 3.62. The number of hydrogen-bond acceptors (Lipinski definition) is 3. The molecule has 0 radical (unpaired) electrons. The van der Waals surface area contributed by atoms with E-state index in [1.807, 2.05) is 24.3 Å². The van der Waals surface area contributed by atoms with Gasteiger partial charge in [-0.2, -0.15) is 5.10 Å². The summed E-state index contributed by atoms with van der Waals surface area (Å²) >= 11 is 0. The molecule has 0 atom stereocenters.